The van der Waals surface area contributed by atoms with Crippen LogP contribution >= 0.6 is 11.8 Å². The summed E-state index contributed by atoms with van der Waals surface area (Å²) >= 11 is 1.65. The highest BCUT2D eigenvalue weighted by Crippen LogP contribution is 2.48. The van der Waals surface area contributed by atoms with Crippen molar-refractivity contribution in [1.82, 2.24) is 0 Å². The second-order valence-corrected chi connectivity index (χ2v) is 5.39. The maximum atomic E-state index is 10.4. The Kier molecular flexibility index (Phi) is 3.16. The molecule has 0 bridgehead atoms. The third kappa shape index (κ3) is 2.07. The molecule has 0 saturated carbocycles. The molecule has 2 aromatic carbocycles. The number of anilines is 2. The number of hydrogen-bond acceptors (Lipinski definition) is 4. The van der Waals surface area contributed by atoms with Gasteiger partial charge in [0.05, 0.1) is 17.4 Å². The molecule has 0 saturated heterocycles. The fourth-order valence-corrected chi connectivity index (χ4v) is 3.34. The molecule has 0 atom stereocenters. The predicted molar refractivity (Wildman–Crippen MR) is 74.9 cm³/mol. The Hall–Kier alpha value is -1.96. The zero-order valence-electron chi connectivity index (χ0n) is 10.2. The second-order valence-electron chi connectivity index (χ2n) is 4.30. The van der Waals surface area contributed by atoms with Gasteiger partial charge in [-0.25, -0.2) is 5.06 Å². The van der Waals surface area contributed by atoms with Gasteiger partial charge in [-0.15, -0.1) is 0 Å². The van der Waals surface area contributed by atoms with Crippen LogP contribution in [0, 0.1) is 11.3 Å². The molecule has 3 rings (SSSR count). The zero-order chi connectivity index (χ0) is 13.2. The number of fused-ring (bicyclic) bond motifs is 2. The molecule has 1 heterocycles. The zero-order valence-corrected chi connectivity index (χ0v) is 11.0. The molecular formula is C15H12N2OS. The third-order valence-corrected chi connectivity index (χ3v) is 4.23. The van der Waals surface area contributed by atoms with E-state index in [4.69, 9.17) is 5.26 Å². The monoisotopic (exact) mass is 268 g/mol. The maximum absolute atomic E-state index is 10.4. The largest absolute Gasteiger partial charge is 0.283 e. The summed E-state index contributed by atoms with van der Waals surface area (Å²) in [6.07, 6.45) is 1.11. The van der Waals surface area contributed by atoms with Crippen LogP contribution in [0.2, 0.25) is 0 Å². The van der Waals surface area contributed by atoms with E-state index in [1.54, 1.807) is 11.8 Å². The van der Waals surface area contributed by atoms with Crippen LogP contribution < -0.4 is 5.06 Å². The first-order chi connectivity index (χ1) is 9.31. The van der Waals surface area contributed by atoms with Crippen LogP contribution in [0.1, 0.15) is 12.0 Å². The van der Waals surface area contributed by atoms with Crippen molar-refractivity contribution in [3.05, 3.63) is 48.0 Å². The van der Waals surface area contributed by atoms with Gasteiger partial charge in [-0.2, -0.15) is 5.26 Å². The lowest BCUT2D eigenvalue weighted by Gasteiger charge is -2.29. The van der Waals surface area contributed by atoms with Crippen LogP contribution in [0.5, 0.6) is 0 Å². The van der Waals surface area contributed by atoms with Crippen molar-refractivity contribution in [2.45, 2.75) is 22.6 Å². The molecule has 0 radical (unpaired) electrons. The highest BCUT2D eigenvalue weighted by atomic mass is 32.2. The average Bonchev–Trinajstić information content (AvgIpc) is 2.45. The molecule has 2 aromatic rings. The highest BCUT2D eigenvalue weighted by Gasteiger charge is 2.24. The van der Waals surface area contributed by atoms with Gasteiger partial charge < -0.3 is 0 Å². The molecule has 4 heteroatoms. The molecule has 0 unspecified atom stereocenters. The fraction of sp³-hybridized carbons (Fsp3) is 0.133. The quantitative estimate of drug-likeness (QED) is 0.889. The van der Waals surface area contributed by atoms with Gasteiger partial charge in [-0.3, -0.25) is 5.21 Å². The smallest absolute Gasteiger partial charge is 0.0865 e. The highest BCUT2D eigenvalue weighted by molar-refractivity contribution is 7.99. The Morgan fingerprint density at radius 1 is 1.11 bits per heavy atom. The minimum absolute atomic E-state index is 0.455. The Bertz CT molecular complexity index is 663. The Morgan fingerprint density at radius 2 is 1.89 bits per heavy atom. The summed E-state index contributed by atoms with van der Waals surface area (Å²) in [6, 6.07) is 15.8. The molecule has 0 aliphatic carbocycles. The summed E-state index contributed by atoms with van der Waals surface area (Å²) in [5.41, 5.74) is 2.61. The molecule has 1 aliphatic heterocycles. The molecule has 1 aliphatic rings. The number of nitrogens with zero attached hydrogens (tertiary/aromatic N) is 2. The average molecular weight is 268 g/mol. The Balaban J connectivity index is 2.08. The normalized spacial score (nSPS) is 12.5. The molecule has 0 amide bonds. The summed E-state index contributed by atoms with van der Waals surface area (Å²) < 4.78 is 0. The van der Waals surface area contributed by atoms with Crippen LogP contribution in [0.25, 0.3) is 0 Å². The van der Waals surface area contributed by atoms with Gasteiger partial charge in [0.2, 0.25) is 0 Å². The minimum Gasteiger partial charge on any atom is -0.283 e. The fourth-order valence-electron chi connectivity index (χ4n) is 2.24. The van der Waals surface area contributed by atoms with E-state index in [0.717, 1.165) is 26.7 Å². The lowest BCUT2D eigenvalue weighted by Crippen LogP contribution is -2.17. The number of rotatable bonds is 2. The van der Waals surface area contributed by atoms with E-state index >= 15 is 0 Å². The summed E-state index contributed by atoms with van der Waals surface area (Å²) in [7, 11) is 0. The van der Waals surface area contributed by atoms with Crippen LogP contribution in [0.4, 0.5) is 11.4 Å². The predicted octanol–water partition coefficient (Wildman–Crippen LogP) is 4.13. The lowest BCUT2D eigenvalue weighted by molar-refractivity contribution is 0.295. The van der Waals surface area contributed by atoms with Crippen LogP contribution in [0.15, 0.2) is 52.3 Å². The van der Waals surface area contributed by atoms with Crippen molar-refractivity contribution in [2.75, 3.05) is 5.06 Å². The SMILES string of the molecule is N#CCCc1cccc2c1N(O)c1ccccc1S2. The van der Waals surface area contributed by atoms with Crippen molar-refractivity contribution in [1.29, 1.82) is 5.26 Å². The van der Waals surface area contributed by atoms with Gasteiger partial charge in [0.1, 0.15) is 0 Å². The first-order valence-corrected chi connectivity index (χ1v) is 6.87. The maximum Gasteiger partial charge on any atom is 0.0865 e. The van der Waals surface area contributed by atoms with Crippen molar-refractivity contribution < 1.29 is 5.21 Å². The van der Waals surface area contributed by atoms with E-state index in [0.29, 0.717) is 12.8 Å². The molecule has 0 aromatic heterocycles. The van der Waals surface area contributed by atoms with Crippen LogP contribution in [-0.4, -0.2) is 5.21 Å². The molecule has 94 valence electrons. The number of hydrogen-bond donors (Lipinski definition) is 1. The van der Waals surface area contributed by atoms with Gasteiger partial charge in [-0.1, -0.05) is 36.0 Å². The summed E-state index contributed by atoms with van der Waals surface area (Å²) in [5.74, 6) is 0. The van der Waals surface area contributed by atoms with E-state index in [1.807, 2.05) is 42.5 Å². The standard InChI is InChI=1S/C15H12N2OS/c16-10-4-6-11-5-3-9-14-15(11)17(18)12-7-1-2-8-13(12)19-14/h1-3,5,7-9,18H,4,6H2. The number of benzene rings is 2. The second kappa shape index (κ2) is 4.96. The van der Waals surface area contributed by atoms with E-state index in [9.17, 15) is 5.21 Å². The van der Waals surface area contributed by atoms with Crippen LogP contribution in [0.3, 0.4) is 0 Å². The van der Waals surface area contributed by atoms with Gasteiger partial charge >= 0.3 is 0 Å². The van der Waals surface area contributed by atoms with Crippen molar-refractivity contribution in [3.63, 3.8) is 0 Å². The van der Waals surface area contributed by atoms with Gasteiger partial charge in [0, 0.05) is 16.2 Å². The molecular weight excluding hydrogens is 256 g/mol. The third-order valence-electron chi connectivity index (χ3n) is 3.11. The van der Waals surface area contributed by atoms with Gasteiger partial charge in [-0.05, 0) is 30.2 Å². The number of aryl methyl sites for hydroxylation is 1. The van der Waals surface area contributed by atoms with E-state index in [-0.39, 0.29) is 0 Å². The minimum atomic E-state index is 0.455. The molecule has 0 spiro atoms. The van der Waals surface area contributed by atoms with Crippen molar-refractivity contribution in [2.24, 2.45) is 0 Å². The summed E-state index contributed by atoms with van der Waals surface area (Å²) in [6.45, 7) is 0. The van der Waals surface area contributed by atoms with Gasteiger partial charge in [0.15, 0.2) is 0 Å². The Labute approximate surface area is 116 Å². The lowest BCUT2D eigenvalue weighted by atomic mass is 10.1. The van der Waals surface area contributed by atoms with Crippen molar-refractivity contribution in [3.8, 4) is 6.07 Å². The van der Waals surface area contributed by atoms with Crippen LogP contribution in [-0.2, 0) is 6.42 Å². The summed E-state index contributed by atoms with van der Waals surface area (Å²) in [4.78, 5) is 2.06. The number of nitriles is 1. The van der Waals surface area contributed by atoms with Crippen molar-refractivity contribution >= 4 is 23.1 Å². The molecule has 3 nitrogen and oxygen atoms in total. The molecule has 19 heavy (non-hydrogen) atoms. The first kappa shape index (κ1) is 12.1. The number of para-hydroxylation sites is 2. The molecule has 0 fully saturated rings. The summed E-state index contributed by atoms with van der Waals surface area (Å²) in [5, 5.41) is 20.4. The topological polar surface area (TPSA) is 47.3 Å². The van der Waals surface area contributed by atoms with E-state index < -0.39 is 0 Å². The Morgan fingerprint density at radius 3 is 2.74 bits per heavy atom. The molecule has 1 N–H and O–H groups in total. The van der Waals surface area contributed by atoms with E-state index in [2.05, 4.69) is 6.07 Å². The first-order valence-electron chi connectivity index (χ1n) is 6.06. The van der Waals surface area contributed by atoms with Gasteiger partial charge in [0.25, 0.3) is 0 Å². The van der Waals surface area contributed by atoms with E-state index in [1.165, 1.54) is 5.06 Å².